The Morgan fingerprint density at radius 3 is 2.81 bits per heavy atom. The summed E-state index contributed by atoms with van der Waals surface area (Å²) in [6.45, 7) is 3.23. The van der Waals surface area contributed by atoms with Gasteiger partial charge in [-0.25, -0.2) is 0 Å². The van der Waals surface area contributed by atoms with Crippen molar-refractivity contribution in [1.82, 2.24) is 4.90 Å². The van der Waals surface area contributed by atoms with Gasteiger partial charge in [0.05, 0.1) is 6.54 Å². The molecule has 5 heteroatoms. The lowest BCUT2D eigenvalue weighted by Crippen LogP contribution is -2.29. The number of likely N-dealkylation sites (N-methyl/N-ethyl adjacent to an activating group) is 1. The largest absolute Gasteiger partial charge is 0.480 e. The molecule has 0 aliphatic rings. The highest BCUT2D eigenvalue weighted by Gasteiger charge is 2.10. The third kappa shape index (κ3) is 4.12. The number of benzene rings is 1. The van der Waals surface area contributed by atoms with E-state index >= 15 is 0 Å². The van der Waals surface area contributed by atoms with Gasteiger partial charge in [-0.3, -0.25) is 9.69 Å². The number of hydrogen-bond donors (Lipinski definition) is 1. The Morgan fingerprint density at radius 2 is 2.25 bits per heavy atom. The van der Waals surface area contributed by atoms with Crippen molar-refractivity contribution in [3.63, 3.8) is 0 Å². The van der Waals surface area contributed by atoms with Crippen LogP contribution < -0.4 is 0 Å². The second-order valence-corrected chi connectivity index (χ2v) is 4.72. The zero-order valence-electron chi connectivity index (χ0n) is 8.91. The summed E-state index contributed by atoms with van der Waals surface area (Å²) in [6.07, 6.45) is 0. The molecule has 3 nitrogen and oxygen atoms in total. The Morgan fingerprint density at radius 1 is 1.56 bits per heavy atom. The minimum atomic E-state index is -0.819. The van der Waals surface area contributed by atoms with Gasteiger partial charge in [0.2, 0.25) is 0 Å². The molecule has 0 aliphatic carbocycles. The van der Waals surface area contributed by atoms with E-state index in [1.807, 2.05) is 24.0 Å². The fourth-order valence-electron chi connectivity index (χ4n) is 1.38. The van der Waals surface area contributed by atoms with Crippen LogP contribution in [0.2, 0.25) is 5.02 Å². The molecule has 1 N–H and O–H groups in total. The molecule has 0 bridgehead atoms. The Balaban J connectivity index is 2.77. The molecule has 0 unspecified atom stereocenters. The van der Waals surface area contributed by atoms with E-state index in [2.05, 4.69) is 15.9 Å². The maximum atomic E-state index is 10.6. The quantitative estimate of drug-likeness (QED) is 0.909. The fraction of sp³-hybridized carbons (Fsp3) is 0.364. The fourth-order valence-corrected chi connectivity index (χ4v) is 1.94. The van der Waals surface area contributed by atoms with Gasteiger partial charge >= 0.3 is 5.97 Å². The predicted octanol–water partition coefficient (Wildman–Crippen LogP) is 3.01. The van der Waals surface area contributed by atoms with Gasteiger partial charge in [0.25, 0.3) is 0 Å². The summed E-state index contributed by atoms with van der Waals surface area (Å²) in [5, 5.41) is 9.39. The van der Waals surface area contributed by atoms with Crippen molar-refractivity contribution in [3.05, 3.63) is 33.3 Å². The number of hydrogen-bond acceptors (Lipinski definition) is 2. The van der Waals surface area contributed by atoms with Gasteiger partial charge < -0.3 is 5.11 Å². The Labute approximate surface area is 108 Å². The standard InChI is InChI=1S/C11H13BrClNO2/c1-2-14(7-11(15)16)6-8-5-9(13)3-4-10(8)12/h3-5H,2,6-7H2,1H3,(H,15,16). The van der Waals surface area contributed by atoms with E-state index in [1.54, 1.807) is 6.07 Å². The first-order chi connectivity index (χ1) is 7.52. The summed E-state index contributed by atoms with van der Waals surface area (Å²) in [5.41, 5.74) is 0.996. The highest BCUT2D eigenvalue weighted by atomic mass is 79.9. The summed E-state index contributed by atoms with van der Waals surface area (Å²) in [6, 6.07) is 5.51. The zero-order chi connectivity index (χ0) is 12.1. The first-order valence-corrected chi connectivity index (χ1v) is 6.08. The minimum Gasteiger partial charge on any atom is -0.480 e. The van der Waals surface area contributed by atoms with Crippen molar-refractivity contribution in [2.75, 3.05) is 13.1 Å². The molecule has 1 aromatic rings. The number of halogens is 2. The first-order valence-electron chi connectivity index (χ1n) is 4.91. The molecule has 0 aliphatic heterocycles. The molecule has 1 rings (SSSR count). The second kappa shape index (κ2) is 6.23. The Kier molecular flexibility index (Phi) is 5.25. The van der Waals surface area contributed by atoms with Crippen molar-refractivity contribution in [1.29, 1.82) is 0 Å². The molecule has 16 heavy (non-hydrogen) atoms. The lowest BCUT2D eigenvalue weighted by molar-refractivity contribution is -0.138. The highest BCUT2D eigenvalue weighted by Crippen LogP contribution is 2.22. The van der Waals surface area contributed by atoms with Gasteiger partial charge in [-0.2, -0.15) is 0 Å². The van der Waals surface area contributed by atoms with Gasteiger partial charge in [0.1, 0.15) is 0 Å². The molecule has 0 aromatic heterocycles. The monoisotopic (exact) mass is 305 g/mol. The van der Waals surface area contributed by atoms with E-state index in [1.165, 1.54) is 0 Å². The predicted molar refractivity (Wildman–Crippen MR) is 67.7 cm³/mol. The molecule has 0 spiro atoms. The average Bonchev–Trinajstić information content (AvgIpc) is 2.21. The van der Waals surface area contributed by atoms with E-state index in [4.69, 9.17) is 16.7 Å². The van der Waals surface area contributed by atoms with Crippen molar-refractivity contribution in [3.8, 4) is 0 Å². The van der Waals surface area contributed by atoms with Gasteiger partial charge in [-0.05, 0) is 30.3 Å². The molecular weight excluding hydrogens is 293 g/mol. The molecule has 1 aromatic carbocycles. The van der Waals surface area contributed by atoms with Crippen LogP contribution in [0.4, 0.5) is 0 Å². The van der Waals surface area contributed by atoms with Crippen LogP contribution in [0.15, 0.2) is 22.7 Å². The third-order valence-electron chi connectivity index (χ3n) is 2.21. The number of carboxylic acids is 1. The van der Waals surface area contributed by atoms with Gasteiger partial charge in [0.15, 0.2) is 0 Å². The topological polar surface area (TPSA) is 40.5 Å². The van der Waals surface area contributed by atoms with Crippen LogP contribution in [0, 0.1) is 0 Å². The average molecular weight is 307 g/mol. The van der Waals surface area contributed by atoms with Crippen LogP contribution >= 0.6 is 27.5 Å². The minimum absolute atomic E-state index is 0.0372. The van der Waals surface area contributed by atoms with Crippen molar-refractivity contribution >= 4 is 33.5 Å². The number of rotatable bonds is 5. The van der Waals surface area contributed by atoms with Gasteiger partial charge in [0, 0.05) is 16.0 Å². The summed E-state index contributed by atoms with van der Waals surface area (Å²) in [4.78, 5) is 12.5. The number of carbonyl (C=O) groups is 1. The first kappa shape index (κ1) is 13.5. The van der Waals surface area contributed by atoms with E-state index < -0.39 is 5.97 Å². The molecule has 88 valence electrons. The van der Waals surface area contributed by atoms with Gasteiger partial charge in [-0.15, -0.1) is 0 Å². The molecule has 0 atom stereocenters. The number of nitrogens with zero attached hydrogens (tertiary/aromatic N) is 1. The normalized spacial score (nSPS) is 10.8. The SMILES string of the molecule is CCN(CC(=O)O)Cc1cc(Cl)ccc1Br. The highest BCUT2D eigenvalue weighted by molar-refractivity contribution is 9.10. The maximum absolute atomic E-state index is 10.6. The van der Waals surface area contributed by atoms with Crippen molar-refractivity contribution in [2.45, 2.75) is 13.5 Å². The summed E-state index contributed by atoms with van der Waals surface area (Å²) < 4.78 is 0.945. The maximum Gasteiger partial charge on any atom is 0.317 e. The number of aliphatic carboxylic acids is 1. The molecule has 0 heterocycles. The zero-order valence-corrected chi connectivity index (χ0v) is 11.3. The molecule has 0 fully saturated rings. The van der Waals surface area contributed by atoms with E-state index in [-0.39, 0.29) is 6.54 Å². The van der Waals surface area contributed by atoms with Crippen LogP contribution in [0.1, 0.15) is 12.5 Å². The molecular formula is C11H13BrClNO2. The Hall–Kier alpha value is -0.580. The van der Waals surface area contributed by atoms with Crippen LogP contribution in [-0.2, 0) is 11.3 Å². The lowest BCUT2D eigenvalue weighted by Gasteiger charge is -2.18. The van der Waals surface area contributed by atoms with Gasteiger partial charge in [-0.1, -0.05) is 34.5 Å². The lowest BCUT2D eigenvalue weighted by atomic mass is 10.2. The van der Waals surface area contributed by atoms with Crippen LogP contribution in [0.25, 0.3) is 0 Å². The smallest absolute Gasteiger partial charge is 0.317 e. The van der Waals surface area contributed by atoms with Crippen LogP contribution in [-0.4, -0.2) is 29.1 Å². The van der Waals surface area contributed by atoms with Crippen LogP contribution in [0.5, 0.6) is 0 Å². The molecule has 0 saturated heterocycles. The second-order valence-electron chi connectivity index (χ2n) is 3.43. The molecule has 0 radical (unpaired) electrons. The Bertz CT molecular complexity index is 384. The summed E-state index contributed by atoms with van der Waals surface area (Å²) in [5.74, 6) is -0.819. The summed E-state index contributed by atoms with van der Waals surface area (Å²) in [7, 11) is 0. The third-order valence-corrected chi connectivity index (χ3v) is 3.22. The van der Waals surface area contributed by atoms with E-state index in [0.717, 1.165) is 10.0 Å². The summed E-state index contributed by atoms with van der Waals surface area (Å²) >= 11 is 9.32. The van der Waals surface area contributed by atoms with Crippen LogP contribution in [0.3, 0.4) is 0 Å². The number of carboxylic acid groups (broad SMARTS) is 1. The van der Waals surface area contributed by atoms with Crippen molar-refractivity contribution in [2.24, 2.45) is 0 Å². The molecule has 0 saturated carbocycles. The molecule has 0 amide bonds. The van der Waals surface area contributed by atoms with E-state index in [9.17, 15) is 4.79 Å². The van der Waals surface area contributed by atoms with E-state index in [0.29, 0.717) is 18.1 Å². The van der Waals surface area contributed by atoms with Crippen molar-refractivity contribution < 1.29 is 9.90 Å².